The van der Waals surface area contributed by atoms with Gasteiger partial charge in [0.05, 0.1) is 13.0 Å². The van der Waals surface area contributed by atoms with Crippen LogP contribution < -0.4 is 5.32 Å². The van der Waals surface area contributed by atoms with Crippen molar-refractivity contribution in [1.29, 1.82) is 0 Å². The highest BCUT2D eigenvalue weighted by Gasteiger charge is 2.24. The molecular formula is C16H21NO6. The highest BCUT2D eigenvalue weighted by Crippen LogP contribution is 2.03. The number of rotatable bonds is 8. The number of carbonyl (C=O) groups excluding carboxylic acids is 2. The van der Waals surface area contributed by atoms with Crippen LogP contribution in [0.1, 0.15) is 25.8 Å². The fourth-order valence-electron chi connectivity index (χ4n) is 1.59. The maximum Gasteiger partial charge on any atom is 0.408 e. The quantitative estimate of drug-likeness (QED) is 0.709. The summed E-state index contributed by atoms with van der Waals surface area (Å²) in [5.41, 5.74) is 0.769. The summed E-state index contributed by atoms with van der Waals surface area (Å²) in [6.07, 6.45) is -1.36. The molecule has 0 aliphatic rings. The average Bonchev–Trinajstić information content (AvgIpc) is 2.51. The molecule has 0 aliphatic carbocycles. The van der Waals surface area contributed by atoms with Crippen LogP contribution in [0.2, 0.25) is 0 Å². The van der Waals surface area contributed by atoms with Gasteiger partial charge in [-0.15, -0.1) is 0 Å². The second-order valence-corrected chi connectivity index (χ2v) is 5.38. The summed E-state index contributed by atoms with van der Waals surface area (Å²) in [4.78, 5) is 34.3. The standard InChI is InChI=1S/C16H21NO6/c1-11(2)9-22-14(18)8-13(15(19)20)17-16(21)23-10-12-6-4-3-5-7-12/h3-7,11,13H,8-10H2,1-2H3,(H,17,21)(H,19,20)/t13-/m1/s1. The van der Waals surface area contributed by atoms with E-state index in [0.29, 0.717) is 0 Å². The van der Waals surface area contributed by atoms with E-state index in [1.807, 2.05) is 19.9 Å². The van der Waals surface area contributed by atoms with E-state index in [1.54, 1.807) is 24.3 Å². The van der Waals surface area contributed by atoms with E-state index in [0.717, 1.165) is 5.56 Å². The lowest BCUT2D eigenvalue weighted by atomic mass is 10.2. The topological polar surface area (TPSA) is 102 Å². The lowest BCUT2D eigenvalue weighted by molar-refractivity contribution is -0.150. The summed E-state index contributed by atoms with van der Waals surface area (Å²) in [5.74, 6) is -1.87. The molecule has 0 aromatic heterocycles. The molecule has 7 nitrogen and oxygen atoms in total. The van der Waals surface area contributed by atoms with Crippen LogP contribution in [0.3, 0.4) is 0 Å². The predicted molar refractivity (Wildman–Crippen MR) is 81.6 cm³/mol. The summed E-state index contributed by atoms with van der Waals surface area (Å²) in [6.45, 7) is 3.93. The van der Waals surface area contributed by atoms with E-state index in [2.05, 4.69) is 5.32 Å². The molecule has 0 radical (unpaired) electrons. The Kier molecular flexibility index (Phi) is 7.59. The number of alkyl carbamates (subject to hydrolysis) is 1. The Morgan fingerprint density at radius 1 is 1.13 bits per heavy atom. The van der Waals surface area contributed by atoms with Crippen molar-refractivity contribution >= 4 is 18.0 Å². The van der Waals surface area contributed by atoms with Gasteiger partial charge in [-0.3, -0.25) is 4.79 Å². The van der Waals surface area contributed by atoms with Gasteiger partial charge in [-0.1, -0.05) is 44.2 Å². The van der Waals surface area contributed by atoms with E-state index >= 15 is 0 Å². The van der Waals surface area contributed by atoms with Gasteiger partial charge >= 0.3 is 18.0 Å². The molecule has 0 unspecified atom stereocenters. The maximum absolute atomic E-state index is 11.6. The third-order valence-corrected chi connectivity index (χ3v) is 2.75. The summed E-state index contributed by atoms with van der Waals surface area (Å²) in [6, 6.07) is 7.56. The smallest absolute Gasteiger partial charge is 0.408 e. The molecule has 2 N–H and O–H groups in total. The number of esters is 1. The second-order valence-electron chi connectivity index (χ2n) is 5.38. The number of aliphatic carboxylic acids is 1. The molecule has 0 saturated heterocycles. The second kappa shape index (κ2) is 9.45. The third-order valence-electron chi connectivity index (χ3n) is 2.75. The first kappa shape index (κ1) is 18.5. The number of carboxylic acid groups (broad SMARTS) is 1. The lowest BCUT2D eigenvalue weighted by Gasteiger charge is -2.14. The van der Waals surface area contributed by atoms with Gasteiger partial charge in [-0.2, -0.15) is 0 Å². The van der Waals surface area contributed by atoms with E-state index in [-0.39, 0.29) is 19.1 Å². The molecule has 1 aromatic rings. The van der Waals surface area contributed by atoms with Crippen molar-refractivity contribution in [3.8, 4) is 0 Å². The van der Waals surface area contributed by atoms with Gasteiger partial charge in [0.15, 0.2) is 0 Å². The van der Waals surface area contributed by atoms with Crippen LogP contribution in [0.4, 0.5) is 4.79 Å². The number of hydrogen-bond donors (Lipinski definition) is 2. The number of carboxylic acids is 1. The van der Waals surface area contributed by atoms with E-state index in [4.69, 9.17) is 14.6 Å². The van der Waals surface area contributed by atoms with Crippen molar-refractivity contribution in [1.82, 2.24) is 5.32 Å². The van der Waals surface area contributed by atoms with Gasteiger partial charge in [-0.25, -0.2) is 9.59 Å². The van der Waals surface area contributed by atoms with Crippen LogP contribution in [0, 0.1) is 5.92 Å². The summed E-state index contributed by atoms with van der Waals surface area (Å²) in [5, 5.41) is 11.2. The van der Waals surface area contributed by atoms with Crippen molar-refractivity contribution < 1.29 is 29.0 Å². The van der Waals surface area contributed by atoms with Crippen LogP contribution in [0.25, 0.3) is 0 Å². The minimum atomic E-state index is -1.39. The SMILES string of the molecule is CC(C)COC(=O)C[C@@H](NC(=O)OCc1ccccc1)C(=O)O. The molecule has 0 fully saturated rings. The fourth-order valence-corrected chi connectivity index (χ4v) is 1.59. The molecule has 0 saturated carbocycles. The summed E-state index contributed by atoms with van der Waals surface area (Å²) in [7, 11) is 0. The van der Waals surface area contributed by atoms with Gasteiger partial charge in [0, 0.05) is 0 Å². The largest absolute Gasteiger partial charge is 0.480 e. The fraction of sp³-hybridized carbons (Fsp3) is 0.438. The molecular weight excluding hydrogens is 302 g/mol. The monoisotopic (exact) mass is 323 g/mol. The van der Waals surface area contributed by atoms with Crippen molar-refractivity contribution in [3.05, 3.63) is 35.9 Å². The predicted octanol–water partition coefficient (Wildman–Crippen LogP) is 1.96. The lowest BCUT2D eigenvalue weighted by Crippen LogP contribution is -2.42. The zero-order valence-electron chi connectivity index (χ0n) is 13.2. The van der Waals surface area contributed by atoms with E-state index in [9.17, 15) is 14.4 Å². The highest BCUT2D eigenvalue weighted by atomic mass is 16.5. The van der Waals surface area contributed by atoms with Gasteiger partial charge < -0.3 is 19.9 Å². The van der Waals surface area contributed by atoms with Crippen molar-refractivity contribution in [2.24, 2.45) is 5.92 Å². The Morgan fingerprint density at radius 3 is 2.35 bits per heavy atom. The molecule has 0 aliphatic heterocycles. The Labute approximate surface area is 134 Å². The van der Waals surface area contributed by atoms with Crippen LogP contribution in [-0.2, 0) is 25.7 Å². The molecule has 1 rings (SSSR count). The minimum absolute atomic E-state index is 0.0107. The zero-order valence-corrected chi connectivity index (χ0v) is 13.2. The normalized spacial score (nSPS) is 11.6. The Bertz CT molecular complexity index is 529. The zero-order chi connectivity index (χ0) is 17.2. The number of benzene rings is 1. The van der Waals surface area contributed by atoms with Crippen LogP contribution in [0.5, 0.6) is 0 Å². The van der Waals surface area contributed by atoms with Gasteiger partial charge in [-0.05, 0) is 11.5 Å². The summed E-state index contributed by atoms with van der Waals surface area (Å²) >= 11 is 0. The van der Waals surface area contributed by atoms with Crippen LogP contribution >= 0.6 is 0 Å². The summed E-state index contributed by atoms with van der Waals surface area (Å²) < 4.78 is 9.82. The van der Waals surface area contributed by atoms with Gasteiger partial charge in [0.1, 0.15) is 12.6 Å². The van der Waals surface area contributed by atoms with Crippen LogP contribution in [0.15, 0.2) is 30.3 Å². The first-order chi connectivity index (χ1) is 10.9. The molecule has 1 atom stereocenters. The van der Waals surface area contributed by atoms with Crippen molar-refractivity contribution in [2.45, 2.75) is 32.9 Å². The average molecular weight is 323 g/mol. The maximum atomic E-state index is 11.6. The van der Waals surface area contributed by atoms with Gasteiger partial charge in [0.2, 0.25) is 0 Å². The minimum Gasteiger partial charge on any atom is -0.480 e. The van der Waals surface area contributed by atoms with Crippen molar-refractivity contribution in [2.75, 3.05) is 6.61 Å². The molecule has 7 heteroatoms. The van der Waals surface area contributed by atoms with Gasteiger partial charge in [0.25, 0.3) is 0 Å². The van der Waals surface area contributed by atoms with E-state index in [1.165, 1.54) is 0 Å². The molecule has 0 spiro atoms. The molecule has 1 aromatic carbocycles. The number of hydrogen-bond acceptors (Lipinski definition) is 5. The molecule has 1 amide bonds. The molecule has 0 bridgehead atoms. The highest BCUT2D eigenvalue weighted by molar-refractivity contribution is 5.85. The molecule has 126 valence electrons. The van der Waals surface area contributed by atoms with E-state index < -0.39 is 30.5 Å². The molecule has 0 heterocycles. The number of nitrogens with one attached hydrogen (secondary N) is 1. The first-order valence-corrected chi connectivity index (χ1v) is 7.24. The Morgan fingerprint density at radius 2 is 1.78 bits per heavy atom. The Hall–Kier alpha value is -2.57. The first-order valence-electron chi connectivity index (χ1n) is 7.24. The number of carbonyl (C=O) groups is 3. The number of ether oxygens (including phenoxy) is 2. The van der Waals surface area contributed by atoms with Crippen LogP contribution in [-0.4, -0.2) is 35.8 Å². The number of amides is 1. The third kappa shape index (κ3) is 7.85. The Balaban J connectivity index is 2.43. The molecule has 23 heavy (non-hydrogen) atoms. The van der Waals surface area contributed by atoms with Crippen molar-refractivity contribution in [3.63, 3.8) is 0 Å².